The fourth-order valence-electron chi connectivity index (χ4n) is 2.28. The topological polar surface area (TPSA) is 64.1 Å². The van der Waals surface area contributed by atoms with Crippen molar-refractivity contribution in [1.29, 1.82) is 0 Å². The SMILES string of the molecule is CC(CNC(=O)Cc1csc(-c2ccccc2)n1)Oc1cccnc1. The van der Waals surface area contributed by atoms with Gasteiger partial charge in [0, 0.05) is 17.1 Å². The average molecular weight is 353 g/mol. The second-order valence-corrected chi connectivity index (χ2v) is 6.47. The van der Waals surface area contributed by atoms with Crippen molar-refractivity contribution in [2.24, 2.45) is 0 Å². The van der Waals surface area contributed by atoms with E-state index < -0.39 is 0 Å². The molecule has 1 amide bonds. The number of hydrogen-bond donors (Lipinski definition) is 1. The molecule has 3 aromatic rings. The lowest BCUT2D eigenvalue weighted by Crippen LogP contribution is -2.34. The number of ether oxygens (including phenoxy) is 1. The number of rotatable bonds is 7. The van der Waals surface area contributed by atoms with Gasteiger partial charge in [-0.1, -0.05) is 30.3 Å². The van der Waals surface area contributed by atoms with Crippen LogP contribution in [0, 0.1) is 0 Å². The maximum absolute atomic E-state index is 12.1. The summed E-state index contributed by atoms with van der Waals surface area (Å²) in [5.41, 5.74) is 1.85. The van der Waals surface area contributed by atoms with E-state index in [2.05, 4.69) is 15.3 Å². The number of amides is 1. The zero-order chi connectivity index (χ0) is 17.5. The fraction of sp³-hybridized carbons (Fsp3) is 0.211. The van der Waals surface area contributed by atoms with Crippen LogP contribution in [0.3, 0.4) is 0 Å². The fourth-order valence-corrected chi connectivity index (χ4v) is 3.10. The van der Waals surface area contributed by atoms with Crippen LogP contribution in [0.4, 0.5) is 0 Å². The molecule has 2 heterocycles. The van der Waals surface area contributed by atoms with Gasteiger partial charge < -0.3 is 10.1 Å². The summed E-state index contributed by atoms with van der Waals surface area (Å²) < 4.78 is 5.69. The molecule has 3 rings (SSSR count). The third kappa shape index (κ3) is 5.12. The normalized spacial score (nSPS) is 11.7. The summed E-state index contributed by atoms with van der Waals surface area (Å²) in [5.74, 6) is 0.628. The Morgan fingerprint density at radius 3 is 2.84 bits per heavy atom. The summed E-state index contributed by atoms with van der Waals surface area (Å²) in [5, 5.41) is 5.74. The molecular weight excluding hydrogens is 334 g/mol. The molecule has 1 N–H and O–H groups in total. The number of aromatic nitrogens is 2. The van der Waals surface area contributed by atoms with Crippen molar-refractivity contribution in [2.75, 3.05) is 6.54 Å². The molecule has 1 atom stereocenters. The molecule has 2 aromatic heterocycles. The number of nitrogens with one attached hydrogen (secondary N) is 1. The molecule has 0 aliphatic carbocycles. The Morgan fingerprint density at radius 2 is 2.08 bits per heavy atom. The lowest BCUT2D eigenvalue weighted by molar-refractivity contribution is -0.120. The quantitative estimate of drug-likeness (QED) is 0.708. The van der Waals surface area contributed by atoms with Gasteiger partial charge in [-0.05, 0) is 19.1 Å². The smallest absolute Gasteiger partial charge is 0.226 e. The molecular formula is C19H19N3O2S. The van der Waals surface area contributed by atoms with E-state index in [-0.39, 0.29) is 18.4 Å². The summed E-state index contributed by atoms with van der Waals surface area (Å²) >= 11 is 1.55. The minimum absolute atomic E-state index is 0.0634. The van der Waals surface area contributed by atoms with Crippen LogP contribution in [0.25, 0.3) is 10.6 Å². The van der Waals surface area contributed by atoms with Gasteiger partial charge in [0.25, 0.3) is 0 Å². The minimum atomic E-state index is -0.136. The van der Waals surface area contributed by atoms with E-state index in [1.165, 1.54) is 0 Å². The van der Waals surface area contributed by atoms with E-state index in [4.69, 9.17) is 4.74 Å². The van der Waals surface area contributed by atoms with E-state index >= 15 is 0 Å². The summed E-state index contributed by atoms with van der Waals surface area (Å²) in [6.45, 7) is 2.34. The van der Waals surface area contributed by atoms with Crippen molar-refractivity contribution >= 4 is 17.2 Å². The van der Waals surface area contributed by atoms with Crippen LogP contribution in [-0.4, -0.2) is 28.5 Å². The molecule has 0 bridgehead atoms. The molecule has 6 heteroatoms. The number of nitrogens with zero attached hydrogens (tertiary/aromatic N) is 2. The predicted octanol–water partition coefficient (Wildman–Crippen LogP) is 3.33. The number of thiazole rings is 1. The predicted molar refractivity (Wildman–Crippen MR) is 98.6 cm³/mol. The Balaban J connectivity index is 1.47. The number of pyridine rings is 1. The van der Waals surface area contributed by atoms with E-state index in [9.17, 15) is 4.79 Å². The van der Waals surface area contributed by atoms with Crippen LogP contribution in [0.5, 0.6) is 5.75 Å². The maximum Gasteiger partial charge on any atom is 0.226 e. The largest absolute Gasteiger partial charge is 0.487 e. The van der Waals surface area contributed by atoms with Gasteiger partial charge in [0.1, 0.15) is 16.9 Å². The molecule has 1 aromatic carbocycles. The molecule has 0 fully saturated rings. The summed E-state index contributed by atoms with van der Waals surface area (Å²) in [6, 6.07) is 13.6. The van der Waals surface area contributed by atoms with Gasteiger partial charge in [-0.25, -0.2) is 4.98 Å². The van der Waals surface area contributed by atoms with E-state index in [0.717, 1.165) is 16.3 Å². The number of carbonyl (C=O) groups is 1. The Labute approximate surface area is 150 Å². The maximum atomic E-state index is 12.1. The van der Waals surface area contributed by atoms with Crippen molar-refractivity contribution in [1.82, 2.24) is 15.3 Å². The first-order valence-corrected chi connectivity index (χ1v) is 8.92. The van der Waals surface area contributed by atoms with E-state index in [0.29, 0.717) is 12.3 Å². The third-order valence-corrected chi connectivity index (χ3v) is 4.41. The highest BCUT2D eigenvalue weighted by atomic mass is 32.1. The number of carbonyl (C=O) groups excluding carboxylic acids is 1. The van der Waals surface area contributed by atoms with Crippen LogP contribution in [0.15, 0.2) is 60.2 Å². The molecule has 5 nitrogen and oxygen atoms in total. The van der Waals surface area contributed by atoms with E-state index in [1.807, 2.05) is 54.8 Å². The number of hydrogen-bond acceptors (Lipinski definition) is 5. The molecule has 0 aliphatic rings. The Kier molecular flexibility index (Phi) is 5.74. The highest BCUT2D eigenvalue weighted by Gasteiger charge is 2.11. The summed E-state index contributed by atoms with van der Waals surface area (Å²) in [6.07, 6.45) is 3.47. The molecule has 0 spiro atoms. The van der Waals surface area contributed by atoms with Gasteiger partial charge in [0.05, 0.1) is 24.9 Å². The van der Waals surface area contributed by atoms with E-state index in [1.54, 1.807) is 23.7 Å². The Hall–Kier alpha value is -2.73. The van der Waals surface area contributed by atoms with Gasteiger partial charge in [0.2, 0.25) is 5.91 Å². The summed E-state index contributed by atoms with van der Waals surface area (Å²) in [4.78, 5) is 20.6. The summed E-state index contributed by atoms with van der Waals surface area (Å²) in [7, 11) is 0. The minimum Gasteiger partial charge on any atom is -0.487 e. The Bertz CT molecular complexity index is 806. The van der Waals surface area contributed by atoms with Gasteiger partial charge in [-0.15, -0.1) is 11.3 Å². The standard InChI is InChI=1S/C19H19N3O2S/c1-14(24-17-8-5-9-20-12-17)11-21-18(23)10-16-13-25-19(22-16)15-6-3-2-4-7-15/h2-9,12-14H,10-11H2,1H3,(H,21,23). The van der Waals surface area contributed by atoms with Crippen LogP contribution in [-0.2, 0) is 11.2 Å². The third-order valence-electron chi connectivity index (χ3n) is 3.47. The second-order valence-electron chi connectivity index (χ2n) is 5.61. The molecule has 128 valence electrons. The monoisotopic (exact) mass is 353 g/mol. The van der Waals surface area contributed by atoms with Gasteiger partial charge in [-0.2, -0.15) is 0 Å². The average Bonchev–Trinajstić information content (AvgIpc) is 3.10. The van der Waals surface area contributed by atoms with Crippen molar-refractivity contribution in [3.8, 4) is 16.3 Å². The first-order valence-electron chi connectivity index (χ1n) is 8.04. The van der Waals surface area contributed by atoms with Gasteiger partial charge in [-0.3, -0.25) is 9.78 Å². The van der Waals surface area contributed by atoms with Crippen molar-refractivity contribution < 1.29 is 9.53 Å². The van der Waals surface area contributed by atoms with Crippen LogP contribution in [0.2, 0.25) is 0 Å². The first kappa shape index (κ1) is 17.1. The molecule has 0 aliphatic heterocycles. The van der Waals surface area contributed by atoms with Gasteiger partial charge >= 0.3 is 0 Å². The lowest BCUT2D eigenvalue weighted by atomic mass is 10.2. The van der Waals surface area contributed by atoms with Crippen molar-refractivity contribution in [2.45, 2.75) is 19.4 Å². The van der Waals surface area contributed by atoms with Crippen LogP contribution >= 0.6 is 11.3 Å². The van der Waals surface area contributed by atoms with Crippen molar-refractivity contribution in [3.63, 3.8) is 0 Å². The first-order chi connectivity index (χ1) is 12.2. The highest BCUT2D eigenvalue weighted by Crippen LogP contribution is 2.23. The highest BCUT2D eigenvalue weighted by molar-refractivity contribution is 7.13. The molecule has 0 radical (unpaired) electrons. The zero-order valence-electron chi connectivity index (χ0n) is 13.9. The van der Waals surface area contributed by atoms with Crippen LogP contribution < -0.4 is 10.1 Å². The molecule has 0 saturated carbocycles. The van der Waals surface area contributed by atoms with Crippen LogP contribution in [0.1, 0.15) is 12.6 Å². The second kappa shape index (κ2) is 8.39. The molecule has 0 saturated heterocycles. The molecule has 25 heavy (non-hydrogen) atoms. The molecule has 1 unspecified atom stereocenters. The zero-order valence-corrected chi connectivity index (χ0v) is 14.7. The lowest BCUT2D eigenvalue weighted by Gasteiger charge is -2.14. The Morgan fingerprint density at radius 1 is 1.24 bits per heavy atom. The number of benzene rings is 1. The van der Waals surface area contributed by atoms with Gasteiger partial charge in [0.15, 0.2) is 0 Å². The van der Waals surface area contributed by atoms with Crippen molar-refractivity contribution in [3.05, 3.63) is 65.9 Å².